The van der Waals surface area contributed by atoms with E-state index in [4.69, 9.17) is 9.97 Å². The second kappa shape index (κ2) is 12.2. The number of rotatable bonds is 8. The van der Waals surface area contributed by atoms with Crippen molar-refractivity contribution in [2.45, 2.75) is 17.5 Å². The Bertz CT molecular complexity index is 1340. The molecule has 1 saturated heterocycles. The molecule has 4 aromatic rings. The molecule has 0 bridgehead atoms. The predicted octanol–water partition coefficient (Wildman–Crippen LogP) is 5.46. The average molecular weight is 524 g/mol. The highest BCUT2D eigenvalue weighted by atomic mass is 32.2. The van der Waals surface area contributed by atoms with Crippen molar-refractivity contribution in [2.75, 3.05) is 45.2 Å². The molecule has 1 fully saturated rings. The molecular formula is C31H33N5OS. The van der Waals surface area contributed by atoms with Gasteiger partial charge in [-0.2, -0.15) is 0 Å². The first kappa shape index (κ1) is 25.9. The van der Waals surface area contributed by atoms with Crippen LogP contribution in [-0.2, 0) is 12.3 Å². The molecule has 0 saturated carbocycles. The largest absolute Gasteiger partial charge is 0.355 e. The van der Waals surface area contributed by atoms with E-state index in [9.17, 15) is 4.79 Å². The quantitative estimate of drug-likeness (QED) is 0.226. The Morgan fingerprint density at radius 3 is 2.18 bits per heavy atom. The zero-order chi connectivity index (χ0) is 26.3. The summed E-state index contributed by atoms with van der Waals surface area (Å²) in [5, 5.41) is 0.735. The lowest BCUT2D eigenvalue weighted by Crippen LogP contribution is -2.47. The van der Waals surface area contributed by atoms with Crippen LogP contribution in [0.1, 0.15) is 21.5 Å². The highest BCUT2D eigenvalue weighted by molar-refractivity contribution is 7.98. The fourth-order valence-electron chi connectivity index (χ4n) is 4.45. The van der Waals surface area contributed by atoms with E-state index in [1.165, 1.54) is 5.56 Å². The predicted molar refractivity (Wildman–Crippen MR) is 155 cm³/mol. The standard InChI is InChI=1S/C31H33N5OS/c1-34-17-19-36(20-18-34)30(37)27-15-13-25(14-16-27)23-38-31-32-28(26-11-7-4-8-12-26)21-29(33-31)35(2)22-24-9-5-3-6-10-24/h3-16,21H,17-20,22-23H2,1-2H3. The number of aromatic nitrogens is 2. The topological polar surface area (TPSA) is 52.6 Å². The van der Waals surface area contributed by atoms with Gasteiger partial charge < -0.3 is 14.7 Å². The van der Waals surface area contributed by atoms with Gasteiger partial charge in [-0.25, -0.2) is 9.97 Å². The Hall–Kier alpha value is -3.68. The molecule has 2 heterocycles. The van der Waals surface area contributed by atoms with Gasteiger partial charge >= 0.3 is 0 Å². The number of carbonyl (C=O) groups is 1. The van der Waals surface area contributed by atoms with Crippen molar-refractivity contribution >= 4 is 23.5 Å². The van der Waals surface area contributed by atoms with Crippen molar-refractivity contribution in [3.05, 3.63) is 108 Å². The lowest BCUT2D eigenvalue weighted by atomic mass is 10.1. The summed E-state index contributed by atoms with van der Waals surface area (Å²) in [6, 6.07) is 30.7. The Labute approximate surface area is 229 Å². The van der Waals surface area contributed by atoms with Gasteiger partial charge in [0.2, 0.25) is 0 Å². The summed E-state index contributed by atoms with van der Waals surface area (Å²) >= 11 is 1.61. The fourth-order valence-corrected chi connectivity index (χ4v) is 5.26. The maximum Gasteiger partial charge on any atom is 0.253 e. The van der Waals surface area contributed by atoms with Crippen molar-refractivity contribution in [2.24, 2.45) is 0 Å². The molecule has 1 aliphatic heterocycles. The van der Waals surface area contributed by atoms with Crippen molar-refractivity contribution < 1.29 is 4.79 Å². The first-order valence-corrected chi connectivity index (χ1v) is 13.9. The van der Waals surface area contributed by atoms with E-state index in [-0.39, 0.29) is 5.91 Å². The number of likely N-dealkylation sites (N-methyl/N-ethyl adjacent to an activating group) is 1. The number of hydrogen-bond acceptors (Lipinski definition) is 6. The van der Waals surface area contributed by atoms with Crippen molar-refractivity contribution in [3.8, 4) is 11.3 Å². The second-order valence-electron chi connectivity index (χ2n) is 9.68. The molecule has 0 spiro atoms. The van der Waals surface area contributed by atoms with Crippen molar-refractivity contribution in [1.82, 2.24) is 19.8 Å². The lowest BCUT2D eigenvalue weighted by molar-refractivity contribution is 0.0664. The number of hydrogen-bond donors (Lipinski definition) is 0. The van der Waals surface area contributed by atoms with Gasteiger partial charge in [-0.15, -0.1) is 0 Å². The van der Waals surface area contributed by atoms with E-state index in [0.29, 0.717) is 0 Å². The molecule has 194 valence electrons. The molecule has 6 nitrogen and oxygen atoms in total. The van der Waals surface area contributed by atoms with Crippen LogP contribution in [0.25, 0.3) is 11.3 Å². The molecule has 7 heteroatoms. The first-order valence-electron chi connectivity index (χ1n) is 12.9. The lowest BCUT2D eigenvalue weighted by Gasteiger charge is -2.32. The van der Waals surface area contributed by atoms with Gasteiger partial charge in [0.25, 0.3) is 5.91 Å². The van der Waals surface area contributed by atoms with Crippen molar-refractivity contribution in [1.29, 1.82) is 0 Å². The van der Waals surface area contributed by atoms with E-state index in [0.717, 1.165) is 71.8 Å². The second-order valence-corrected chi connectivity index (χ2v) is 10.6. The number of thioether (sulfide) groups is 1. The number of benzene rings is 3. The minimum Gasteiger partial charge on any atom is -0.355 e. The minimum atomic E-state index is 0.113. The number of nitrogens with zero attached hydrogens (tertiary/aromatic N) is 5. The maximum absolute atomic E-state index is 12.9. The van der Waals surface area contributed by atoms with Crippen LogP contribution in [0.3, 0.4) is 0 Å². The SMILES string of the molecule is CN1CCN(C(=O)c2ccc(CSc3nc(-c4ccccc4)cc(N(C)Cc4ccccc4)n3)cc2)CC1. The summed E-state index contributed by atoms with van der Waals surface area (Å²) in [5.74, 6) is 1.73. The van der Waals surface area contributed by atoms with Gasteiger partial charge in [0.15, 0.2) is 5.16 Å². The molecule has 1 aromatic heterocycles. The normalized spacial score (nSPS) is 13.9. The molecule has 38 heavy (non-hydrogen) atoms. The minimum absolute atomic E-state index is 0.113. The third-order valence-corrected chi connectivity index (χ3v) is 7.69. The Kier molecular flexibility index (Phi) is 8.36. The van der Waals surface area contributed by atoms with Crippen LogP contribution >= 0.6 is 11.8 Å². The van der Waals surface area contributed by atoms with Gasteiger partial charge in [0, 0.05) is 62.7 Å². The van der Waals surface area contributed by atoms with Crippen LogP contribution in [-0.4, -0.2) is 65.9 Å². The van der Waals surface area contributed by atoms with Crippen LogP contribution in [0.5, 0.6) is 0 Å². The van der Waals surface area contributed by atoms with Crippen LogP contribution < -0.4 is 4.90 Å². The Morgan fingerprint density at radius 2 is 1.50 bits per heavy atom. The van der Waals surface area contributed by atoms with Gasteiger partial charge in [0.1, 0.15) is 5.82 Å². The van der Waals surface area contributed by atoms with Crippen LogP contribution in [0.15, 0.2) is 96.2 Å². The molecule has 1 aliphatic rings. The molecule has 1 amide bonds. The average Bonchev–Trinajstić information content (AvgIpc) is 2.97. The van der Waals surface area contributed by atoms with Gasteiger partial charge in [-0.3, -0.25) is 4.79 Å². The zero-order valence-corrected chi connectivity index (χ0v) is 22.8. The Morgan fingerprint density at radius 1 is 0.842 bits per heavy atom. The third-order valence-electron chi connectivity index (χ3n) is 6.77. The zero-order valence-electron chi connectivity index (χ0n) is 22.0. The first-order chi connectivity index (χ1) is 18.5. The highest BCUT2D eigenvalue weighted by Gasteiger charge is 2.20. The van der Waals surface area contributed by atoms with Crippen LogP contribution in [0, 0.1) is 0 Å². The fraction of sp³-hybridized carbons (Fsp3) is 0.258. The third kappa shape index (κ3) is 6.60. The van der Waals surface area contributed by atoms with Crippen LogP contribution in [0.4, 0.5) is 5.82 Å². The molecule has 0 N–H and O–H groups in total. The molecule has 0 atom stereocenters. The van der Waals surface area contributed by atoms with Gasteiger partial charge in [0.05, 0.1) is 5.69 Å². The van der Waals surface area contributed by atoms with E-state index in [1.54, 1.807) is 11.8 Å². The number of anilines is 1. The molecular weight excluding hydrogens is 490 g/mol. The smallest absolute Gasteiger partial charge is 0.253 e. The summed E-state index contributed by atoms with van der Waals surface area (Å²) in [7, 11) is 4.16. The van der Waals surface area contributed by atoms with Gasteiger partial charge in [-0.1, -0.05) is 84.6 Å². The van der Waals surface area contributed by atoms with Crippen LogP contribution in [0.2, 0.25) is 0 Å². The molecule has 3 aromatic carbocycles. The molecule has 0 radical (unpaired) electrons. The maximum atomic E-state index is 12.9. The van der Waals surface area contributed by atoms with Crippen molar-refractivity contribution in [3.63, 3.8) is 0 Å². The summed E-state index contributed by atoms with van der Waals surface area (Å²) in [4.78, 5) is 29.0. The van der Waals surface area contributed by atoms with E-state index in [2.05, 4.69) is 66.4 Å². The highest BCUT2D eigenvalue weighted by Crippen LogP contribution is 2.28. The number of piperazine rings is 1. The van der Waals surface area contributed by atoms with E-state index >= 15 is 0 Å². The summed E-state index contributed by atoms with van der Waals surface area (Å²) in [6.07, 6.45) is 0. The Balaban J connectivity index is 1.30. The molecule has 0 unspecified atom stereocenters. The summed E-state index contributed by atoms with van der Waals surface area (Å²) < 4.78 is 0. The van der Waals surface area contributed by atoms with E-state index in [1.807, 2.05) is 53.4 Å². The van der Waals surface area contributed by atoms with Gasteiger partial charge in [-0.05, 0) is 30.3 Å². The molecule has 0 aliphatic carbocycles. The summed E-state index contributed by atoms with van der Waals surface area (Å²) in [5.41, 5.74) is 5.09. The van der Waals surface area contributed by atoms with E-state index < -0.39 is 0 Å². The summed E-state index contributed by atoms with van der Waals surface area (Å²) in [6.45, 7) is 4.17. The number of carbonyl (C=O) groups excluding carboxylic acids is 1. The number of amides is 1. The molecule has 5 rings (SSSR count). The monoisotopic (exact) mass is 523 g/mol.